The summed E-state index contributed by atoms with van der Waals surface area (Å²) < 4.78 is 12.4. The molecule has 2 aromatic rings. The van der Waals surface area contributed by atoms with E-state index in [1.165, 1.54) is 12.8 Å². The molecule has 0 saturated heterocycles. The summed E-state index contributed by atoms with van der Waals surface area (Å²) in [5, 5.41) is 0. The lowest BCUT2D eigenvalue weighted by atomic mass is 10.0. The third kappa shape index (κ3) is 3.75. The van der Waals surface area contributed by atoms with Crippen molar-refractivity contribution >= 4 is 21.7 Å². The van der Waals surface area contributed by atoms with Crippen molar-refractivity contribution in [1.29, 1.82) is 0 Å². The Hall–Kier alpha value is -1.81. The summed E-state index contributed by atoms with van der Waals surface area (Å²) in [6.45, 7) is 0. The van der Waals surface area contributed by atoms with Crippen molar-refractivity contribution in [2.75, 3.05) is 7.11 Å². The topological polar surface area (TPSA) is 35.5 Å². The van der Waals surface area contributed by atoms with Gasteiger partial charge in [-0.25, -0.2) is 0 Å². The molecule has 1 fully saturated rings. The molecular formula is C19H19BrO3. The second kappa shape index (κ2) is 7.18. The van der Waals surface area contributed by atoms with Gasteiger partial charge >= 0.3 is 0 Å². The van der Waals surface area contributed by atoms with Gasteiger partial charge in [0.2, 0.25) is 0 Å². The second-order valence-corrected chi connectivity index (χ2v) is 6.64. The van der Waals surface area contributed by atoms with Gasteiger partial charge in [-0.3, -0.25) is 4.79 Å². The Kier molecular flexibility index (Phi) is 5.01. The summed E-state index contributed by atoms with van der Waals surface area (Å²) in [6.07, 6.45) is 4.75. The molecule has 0 radical (unpaired) electrons. The van der Waals surface area contributed by atoms with Crippen molar-refractivity contribution in [3.8, 4) is 11.5 Å². The van der Waals surface area contributed by atoms with E-state index in [9.17, 15) is 4.79 Å². The van der Waals surface area contributed by atoms with E-state index in [1.807, 2.05) is 24.3 Å². The van der Waals surface area contributed by atoms with Crippen LogP contribution in [0.3, 0.4) is 0 Å². The van der Waals surface area contributed by atoms with Crippen molar-refractivity contribution in [2.45, 2.75) is 31.8 Å². The van der Waals surface area contributed by atoms with E-state index in [1.54, 1.807) is 25.3 Å². The van der Waals surface area contributed by atoms with Gasteiger partial charge in [0.05, 0.1) is 13.2 Å². The van der Waals surface area contributed by atoms with Crippen molar-refractivity contribution in [2.24, 2.45) is 0 Å². The Labute approximate surface area is 144 Å². The number of ketones is 1. The average Bonchev–Trinajstić information content (AvgIpc) is 3.08. The number of hydrogen-bond acceptors (Lipinski definition) is 3. The number of hydrogen-bond donors (Lipinski definition) is 0. The summed E-state index contributed by atoms with van der Waals surface area (Å²) in [6, 6.07) is 12.7. The number of benzene rings is 2. The van der Waals surface area contributed by atoms with E-state index in [-0.39, 0.29) is 11.9 Å². The zero-order chi connectivity index (χ0) is 16.2. The Bertz CT molecular complexity index is 688. The summed E-state index contributed by atoms with van der Waals surface area (Å²) >= 11 is 3.38. The van der Waals surface area contributed by atoms with Gasteiger partial charge in [-0.2, -0.15) is 0 Å². The van der Waals surface area contributed by atoms with Gasteiger partial charge in [0.1, 0.15) is 0 Å². The molecule has 0 unspecified atom stereocenters. The fraction of sp³-hybridized carbons (Fsp3) is 0.316. The van der Waals surface area contributed by atoms with Crippen LogP contribution in [0.4, 0.5) is 0 Å². The molecule has 1 aliphatic rings. The van der Waals surface area contributed by atoms with E-state index in [0.29, 0.717) is 22.6 Å². The lowest BCUT2D eigenvalue weighted by molar-refractivity contribution is 0.103. The monoisotopic (exact) mass is 374 g/mol. The largest absolute Gasteiger partial charge is 0.493 e. The van der Waals surface area contributed by atoms with Crippen LogP contribution >= 0.6 is 15.9 Å². The van der Waals surface area contributed by atoms with E-state index in [2.05, 4.69) is 15.9 Å². The Morgan fingerprint density at radius 3 is 2.30 bits per heavy atom. The molecule has 0 amide bonds. The molecule has 2 aromatic carbocycles. The quantitative estimate of drug-likeness (QED) is 0.690. The van der Waals surface area contributed by atoms with Crippen LogP contribution in [0, 0.1) is 0 Å². The standard InChI is InChI=1S/C19H19BrO3/c1-22-17-11-8-14(12-18(17)23-16-4-2-3-5-16)19(21)13-6-9-15(20)10-7-13/h6-12,16H,2-5H2,1H3. The van der Waals surface area contributed by atoms with Gasteiger partial charge in [0.25, 0.3) is 0 Å². The van der Waals surface area contributed by atoms with Crippen LogP contribution in [0.2, 0.25) is 0 Å². The fourth-order valence-electron chi connectivity index (χ4n) is 2.86. The third-order valence-electron chi connectivity index (χ3n) is 4.13. The maximum atomic E-state index is 12.6. The molecule has 4 heteroatoms. The molecule has 0 aliphatic heterocycles. The first-order chi connectivity index (χ1) is 11.2. The predicted octanol–water partition coefficient (Wildman–Crippen LogP) is 5.01. The second-order valence-electron chi connectivity index (χ2n) is 5.73. The fourth-order valence-corrected chi connectivity index (χ4v) is 3.13. The van der Waals surface area contributed by atoms with Crippen LogP contribution in [-0.4, -0.2) is 19.0 Å². The van der Waals surface area contributed by atoms with Crippen LogP contribution in [0.1, 0.15) is 41.6 Å². The SMILES string of the molecule is COc1ccc(C(=O)c2ccc(Br)cc2)cc1OC1CCCC1. The first kappa shape index (κ1) is 16.1. The minimum absolute atomic E-state index is 0.0172. The van der Waals surface area contributed by atoms with E-state index < -0.39 is 0 Å². The number of ether oxygens (including phenoxy) is 2. The number of carbonyl (C=O) groups excluding carboxylic acids is 1. The molecule has 0 aromatic heterocycles. The molecule has 0 spiro atoms. The minimum atomic E-state index is -0.0172. The van der Waals surface area contributed by atoms with Crippen molar-refractivity contribution in [3.05, 3.63) is 58.1 Å². The smallest absolute Gasteiger partial charge is 0.193 e. The number of rotatable bonds is 5. The Morgan fingerprint density at radius 2 is 1.65 bits per heavy atom. The lowest BCUT2D eigenvalue weighted by Crippen LogP contribution is -2.12. The zero-order valence-corrected chi connectivity index (χ0v) is 14.6. The van der Waals surface area contributed by atoms with Crippen LogP contribution < -0.4 is 9.47 Å². The van der Waals surface area contributed by atoms with Crippen LogP contribution in [0.15, 0.2) is 46.9 Å². The summed E-state index contributed by atoms with van der Waals surface area (Å²) in [5.41, 5.74) is 1.27. The molecule has 1 aliphatic carbocycles. The molecular weight excluding hydrogens is 356 g/mol. The normalized spacial score (nSPS) is 14.7. The lowest BCUT2D eigenvalue weighted by Gasteiger charge is -2.16. The summed E-state index contributed by atoms with van der Waals surface area (Å²) in [4.78, 5) is 12.6. The molecule has 0 atom stereocenters. The molecule has 23 heavy (non-hydrogen) atoms. The number of methoxy groups -OCH3 is 1. The average molecular weight is 375 g/mol. The molecule has 0 heterocycles. The van der Waals surface area contributed by atoms with Gasteiger partial charge in [-0.05, 0) is 68.1 Å². The maximum absolute atomic E-state index is 12.6. The van der Waals surface area contributed by atoms with Crippen molar-refractivity contribution in [3.63, 3.8) is 0 Å². The first-order valence-corrected chi connectivity index (χ1v) is 8.61. The molecule has 0 bridgehead atoms. The molecule has 3 rings (SSSR count). The molecule has 120 valence electrons. The van der Waals surface area contributed by atoms with Crippen LogP contribution in [0.5, 0.6) is 11.5 Å². The van der Waals surface area contributed by atoms with Crippen molar-refractivity contribution in [1.82, 2.24) is 0 Å². The number of halogens is 1. The van der Waals surface area contributed by atoms with Crippen molar-refractivity contribution < 1.29 is 14.3 Å². The highest BCUT2D eigenvalue weighted by atomic mass is 79.9. The zero-order valence-electron chi connectivity index (χ0n) is 13.0. The third-order valence-corrected chi connectivity index (χ3v) is 4.66. The Morgan fingerprint density at radius 1 is 1.00 bits per heavy atom. The van der Waals surface area contributed by atoms with E-state index >= 15 is 0 Å². The minimum Gasteiger partial charge on any atom is -0.493 e. The molecule has 3 nitrogen and oxygen atoms in total. The van der Waals surface area contributed by atoms with Gasteiger partial charge < -0.3 is 9.47 Å². The predicted molar refractivity (Wildman–Crippen MR) is 93.5 cm³/mol. The van der Waals surface area contributed by atoms with Gasteiger partial charge in [-0.1, -0.05) is 15.9 Å². The van der Waals surface area contributed by atoms with Gasteiger partial charge in [-0.15, -0.1) is 0 Å². The van der Waals surface area contributed by atoms with E-state index in [0.717, 1.165) is 17.3 Å². The highest BCUT2D eigenvalue weighted by Crippen LogP contribution is 2.33. The van der Waals surface area contributed by atoms with E-state index in [4.69, 9.17) is 9.47 Å². The first-order valence-electron chi connectivity index (χ1n) is 7.82. The summed E-state index contributed by atoms with van der Waals surface area (Å²) in [5.74, 6) is 1.31. The Balaban J connectivity index is 1.87. The van der Waals surface area contributed by atoms with Gasteiger partial charge in [0.15, 0.2) is 17.3 Å². The molecule has 1 saturated carbocycles. The highest BCUT2D eigenvalue weighted by molar-refractivity contribution is 9.10. The van der Waals surface area contributed by atoms with Crippen LogP contribution in [0.25, 0.3) is 0 Å². The molecule has 0 N–H and O–H groups in total. The number of carbonyl (C=O) groups is 1. The highest BCUT2D eigenvalue weighted by Gasteiger charge is 2.20. The van der Waals surface area contributed by atoms with Crippen LogP contribution in [-0.2, 0) is 0 Å². The maximum Gasteiger partial charge on any atom is 0.193 e. The summed E-state index contributed by atoms with van der Waals surface area (Å²) in [7, 11) is 1.62. The van der Waals surface area contributed by atoms with Gasteiger partial charge in [0, 0.05) is 15.6 Å².